The molecule has 1 amide bonds. The molecule has 26 heavy (non-hydrogen) atoms. The van der Waals surface area contributed by atoms with Crippen LogP contribution >= 0.6 is 15.9 Å². The van der Waals surface area contributed by atoms with Crippen LogP contribution in [0.2, 0.25) is 0 Å². The van der Waals surface area contributed by atoms with Crippen molar-refractivity contribution in [2.24, 2.45) is 14.1 Å². The third-order valence-electron chi connectivity index (χ3n) is 4.28. The Morgan fingerprint density at radius 2 is 1.88 bits per heavy atom. The van der Waals surface area contributed by atoms with Crippen molar-refractivity contribution in [3.8, 4) is 0 Å². The number of alkyl halides is 3. The topological polar surface area (TPSA) is 59.2 Å². The van der Waals surface area contributed by atoms with Crippen molar-refractivity contribution in [2.75, 3.05) is 26.2 Å². The molecule has 2 aromatic heterocycles. The highest BCUT2D eigenvalue weighted by molar-refractivity contribution is 9.10. The summed E-state index contributed by atoms with van der Waals surface area (Å²) in [5.41, 5.74) is -0.0897. The van der Waals surface area contributed by atoms with E-state index in [2.05, 4.69) is 31.0 Å². The summed E-state index contributed by atoms with van der Waals surface area (Å²) in [6.45, 7) is 2.89. The standard InChI is InChI=1S/C15H18BrF3N6O/c1-22-8-10(7-20-22)9-24-3-5-25(6-4-24)14(26)12-11(16)13(15(17,18)19)21-23(12)2/h7-8H,3-6,9H2,1-2H3. The van der Waals surface area contributed by atoms with Crippen LogP contribution in [0.15, 0.2) is 16.9 Å². The Kier molecular flexibility index (Phi) is 5.11. The van der Waals surface area contributed by atoms with E-state index in [-0.39, 0.29) is 10.2 Å². The molecule has 1 saturated heterocycles. The van der Waals surface area contributed by atoms with Gasteiger partial charge in [-0.3, -0.25) is 19.1 Å². The molecule has 0 bridgehead atoms. The zero-order chi connectivity index (χ0) is 19.1. The minimum Gasteiger partial charge on any atom is -0.335 e. The number of carbonyl (C=O) groups excluding carboxylic acids is 1. The monoisotopic (exact) mass is 434 g/mol. The maximum absolute atomic E-state index is 13.0. The van der Waals surface area contributed by atoms with E-state index in [1.807, 2.05) is 13.2 Å². The zero-order valence-corrected chi connectivity index (χ0v) is 15.9. The molecule has 3 heterocycles. The van der Waals surface area contributed by atoms with Gasteiger partial charge in [0.1, 0.15) is 5.69 Å². The zero-order valence-electron chi connectivity index (χ0n) is 14.3. The van der Waals surface area contributed by atoms with Crippen molar-refractivity contribution in [1.82, 2.24) is 29.4 Å². The Hall–Kier alpha value is -1.88. The Balaban J connectivity index is 1.66. The van der Waals surface area contributed by atoms with Crippen molar-refractivity contribution in [2.45, 2.75) is 12.7 Å². The number of carbonyl (C=O) groups is 1. The van der Waals surface area contributed by atoms with Crippen molar-refractivity contribution in [3.05, 3.63) is 33.8 Å². The second-order valence-electron chi connectivity index (χ2n) is 6.22. The van der Waals surface area contributed by atoms with Gasteiger partial charge in [-0.15, -0.1) is 0 Å². The lowest BCUT2D eigenvalue weighted by Crippen LogP contribution is -2.48. The number of rotatable bonds is 3. The fraction of sp³-hybridized carbons (Fsp3) is 0.533. The molecule has 7 nitrogen and oxygen atoms in total. The molecule has 3 rings (SSSR count). The molecule has 0 atom stereocenters. The van der Waals surface area contributed by atoms with Gasteiger partial charge in [0.15, 0.2) is 5.69 Å². The number of aryl methyl sites for hydroxylation is 2. The van der Waals surface area contributed by atoms with E-state index in [4.69, 9.17) is 0 Å². The Morgan fingerprint density at radius 3 is 2.38 bits per heavy atom. The van der Waals surface area contributed by atoms with Crippen molar-refractivity contribution >= 4 is 21.8 Å². The van der Waals surface area contributed by atoms with E-state index in [0.717, 1.165) is 16.8 Å². The molecule has 0 saturated carbocycles. The molecular weight excluding hydrogens is 417 g/mol. The molecule has 0 aliphatic carbocycles. The summed E-state index contributed by atoms with van der Waals surface area (Å²) in [6, 6.07) is 0. The lowest BCUT2D eigenvalue weighted by atomic mass is 10.2. The first-order valence-electron chi connectivity index (χ1n) is 7.95. The largest absolute Gasteiger partial charge is 0.436 e. The minimum atomic E-state index is -4.61. The Morgan fingerprint density at radius 1 is 1.23 bits per heavy atom. The molecule has 11 heteroatoms. The van der Waals surface area contributed by atoms with Gasteiger partial charge in [0, 0.05) is 58.6 Å². The lowest BCUT2D eigenvalue weighted by Gasteiger charge is -2.34. The first kappa shape index (κ1) is 18.9. The third-order valence-corrected chi connectivity index (χ3v) is 5.04. The van der Waals surface area contributed by atoms with Crippen LogP contribution in [0.4, 0.5) is 13.2 Å². The normalized spacial score (nSPS) is 16.3. The second-order valence-corrected chi connectivity index (χ2v) is 7.02. The van der Waals surface area contributed by atoms with E-state index < -0.39 is 17.8 Å². The third kappa shape index (κ3) is 3.78. The summed E-state index contributed by atoms with van der Waals surface area (Å²) in [7, 11) is 3.19. The number of hydrogen-bond donors (Lipinski definition) is 0. The highest BCUT2D eigenvalue weighted by atomic mass is 79.9. The minimum absolute atomic E-state index is 0.0852. The van der Waals surface area contributed by atoms with Crippen LogP contribution in [0.3, 0.4) is 0 Å². The summed E-state index contributed by atoms with van der Waals surface area (Å²) < 4.78 is 41.3. The molecule has 0 N–H and O–H groups in total. The molecule has 0 unspecified atom stereocenters. The molecule has 1 aliphatic rings. The Bertz CT molecular complexity index is 807. The summed E-state index contributed by atoms with van der Waals surface area (Å²) in [5.74, 6) is -0.455. The van der Waals surface area contributed by atoms with Gasteiger partial charge in [-0.2, -0.15) is 23.4 Å². The van der Waals surface area contributed by atoms with Gasteiger partial charge in [-0.1, -0.05) is 0 Å². The number of nitrogens with zero attached hydrogens (tertiary/aromatic N) is 6. The van der Waals surface area contributed by atoms with Crippen LogP contribution < -0.4 is 0 Å². The van der Waals surface area contributed by atoms with Crippen LogP contribution in [-0.4, -0.2) is 61.4 Å². The Labute approximate surface area is 156 Å². The van der Waals surface area contributed by atoms with Crippen LogP contribution in [0.25, 0.3) is 0 Å². The van der Waals surface area contributed by atoms with Gasteiger partial charge in [0.25, 0.3) is 5.91 Å². The maximum atomic E-state index is 13.0. The average molecular weight is 435 g/mol. The molecule has 142 valence electrons. The fourth-order valence-corrected chi connectivity index (χ4v) is 3.71. The number of amides is 1. The molecular formula is C15H18BrF3N6O. The van der Waals surface area contributed by atoms with Crippen LogP contribution in [0.1, 0.15) is 21.7 Å². The van der Waals surface area contributed by atoms with E-state index in [9.17, 15) is 18.0 Å². The molecule has 0 spiro atoms. The SMILES string of the molecule is Cn1cc(CN2CCN(C(=O)c3c(Br)c(C(F)(F)F)nn3C)CC2)cn1. The van der Waals surface area contributed by atoms with E-state index >= 15 is 0 Å². The number of piperazine rings is 1. The highest BCUT2D eigenvalue weighted by Gasteiger charge is 2.40. The molecule has 0 radical (unpaired) electrons. The number of hydrogen-bond acceptors (Lipinski definition) is 4. The summed E-state index contributed by atoms with van der Waals surface area (Å²) in [4.78, 5) is 16.4. The van der Waals surface area contributed by atoms with Gasteiger partial charge in [0.2, 0.25) is 0 Å². The first-order valence-corrected chi connectivity index (χ1v) is 8.75. The fourth-order valence-electron chi connectivity index (χ4n) is 2.98. The summed E-state index contributed by atoms with van der Waals surface area (Å²) in [6.07, 6.45) is -0.885. The molecule has 1 aliphatic heterocycles. The van der Waals surface area contributed by atoms with Gasteiger partial charge in [0.05, 0.1) is 10.7 Å². The van der Waals surface area contributed by atoms with Crippen LogP contribution in [0.5, 0.6) is 0 Å². The van der Waals surface area contributed by atoms with Gasteiger partial charge in [-0.25, -0.2) is 0 Å². The van der Waals surface area contributed by atoms with Crippen LogP contribution in [-0.2, 0) is 26.8 Å². The average Bonchev–Trinajstić information content (AvgIpc) is 3.10. The van der Waals surface area contributed by atoms with Gasteiger partial charge in [-0.05, 0) is 15.9 Å². The summed E-state index contributed by atoms with van der Waals surface area (Å²) >= 11 is 2.89. The quantitative estimate of drug-likeness (QED) is 0.739. The van der Waals surface area contributed by atoms with E-state index in [0.29, 0.717) is 26.2 Å². The van der Waals surface area contributed by atoms with E-state index in [1.165, 1.54) is 7.05 Å². The number of halogens is 4. The molecule has 2 aromatic rings. The van der Waals surface area contributed by atoms with Crippen molar-refractivity contribution in [1.29, 1.82) is 0 Å². The van der Waals surface area contributed by atoms with E-state index in [1.54, 1.807) is 15.8 Å². The molecule has 1 fully saturated rings. The van der Waals surface area contributed by atoms with Gasteiger partial charge < -0.3 is 4.90 Å². The lowest BCUT2D eigenvalue weighted by molar-refractivity contribution is -0.142. The van der Waals surface area contributed by atoms with Crippen LogP contribution in [0, 0.1) is 0 Å². The van der Waals surface area contributed by atoms with Crippen molar-refractivity contribution in [3.63, 3.8) is 0 Å². The van der Waals surface area contributed by atoms with Crippen molar-refractivity contribution < 1.29 is 18.0 Å². The predicted octanol–water partition coefficient (Wildman–Crippen LogP) is 1.89. The first-order chi connectivity index (χ1) is 12.2. The van der Waals surface area contributed by atoms with Gasteiger partial charge >= 0.3 is 6.18 Å². The number of aromatic nitrogens is 4. The summed E-state index contributed by atoms with van der Waals surface area (Å²) in [5, 5.41) is 7.57. The maximum Gasteiger partial charge on any atom is 0.436 e. The highest BCUT2D eigenvalue weighted by Crippen LogP contribution is 2.36. The predicted molar refractivity (Wildman–Crippen MR) is 90.3 cm³/mol. The smallest absolute Gasteiger partial charge is 0.335 e. The molecule has 0 aromatic carbocycles. The second kappa shape index (κ2) is 7.03.